The summed E-state index contributed by atoms with van der Waals surface area (Å²) in [6.45, 7) is 2.94. The smallest absolute Gasteiger partial charge is 0.238 e. The fourth-order valence-electron chi connectivity index (χ4n) is 1.88. The topological polar surface area (TPSA) is 41.1 Å². The largest absolute Gasteiger partial charge is 0.325 e. The lowest BCUT2D eigenvalue weighted by atomic mass is 10.2. The third kappa shape index (κ3) is 4.47. The molecule has 2 aromatic rings. The number of hydrogen-bond donors (Lipinski definition) is 2. The fraction of sp³-hybridized carbons (Fsp3) is 0.188. The normalized spacial score (nSPS) is 10.3. The van der Waals surface area contributed by atoms with Crippen LogP contribution in [0.5, 0.6) is 0 Å². The summed E-state index contributed by atoms with van der Waals surface area (Å²) in [4.78, 5) is 11.8. The van der Waals surface area contributed by atoms with Crippen LogP contribution in [0.25, 0.3) is 0 Å². The van der Waals surface area contributed by atoms with Gasteiger partial charge in [0, 0.05) is 16.7 Å². The van der Waals surface area contributed by atoms with Crippen molar-refractivity contribution in [3.05, 3.63) is 64.1 Å². The molecule has 3 nitrogen and oxygen atoms in total. The van der Waals surface area contributed by atoms with Crippen molar-refractivity contribution >= 4 is 27.5 Å². The first kappa shape index (κ1) is 14.8. The van der Waals surface area contributed by atoms with Crippen molar-refractivity contribution in [1.29, 1.82) is 0 Å². The molecule has 0 heterocycles. The van der Waals surface area contributed by atoms with Crippen LogP contribution in [-0.2, 0) is 11.3 Å². The van der Waals surface area contributed by atoms with Gasteiger partial charge in [0.15, 0.2) is 0 Å². The first-order valence-corrected chi connectivity index (χ1v) is 7.25. The number of hydrogen-bond acceptors (Lipinski definition) is 2. The molecule has 0 aliphatic carbocycles. The van der Waals surface area contributed by atoms with Crippen LogP contribution in [0.15, 0.2) is 53.0 Å². The van der Waals surface area contributed by atoms with Crippen LogP contribution < -0.4 is 10.6 Å². The lowest BCUT2D eigenvalue weighted by Crippen LogP contribution is -2.27. The highest BCUT2D eigenvalue weighted by atomic mass is 79.9. The molecular formula is C16H17BrN2O. The van der Waals surface area contributed by atoms with Gasteiger partial charge in [0.25, 0.3) is 0 Å². The summed E-state index contributed by atoms with van der Waals surface area (Å²) in [5.41, 5.74) is 3.09. The van der Waals surface area contributed by atoms with Crippen molar-refractivity contribution in [2.24, 2.45) is 0 Å². The Morgan fingerprint density at radius 1 is 1.15 bits per heavy atom. The second-order valence-corrected chi connectivity index (χ2v) is 5.47. The molecule has 0 aromatic heterocycles. The molecule has 2 rings (SSSR count). The Balaban J connectivity index is 1.80. The lowest BCUT2D eigenvalue weighted by molar-refractivity contribution is -0.115. The van der Waals surface area contributed by atoms with Gasteiger partial charge in [-0.05, 0) is 36.2 Å². The van der Waals surface area contributed by atoms with Crippen molar-refractivity contribution in [3.8, 4) is 0 Å². The summed E-state index contributed by atoms with van der Waals surface area (Å²) in [5, 5.41) is 6.01. The molecule has 0 radical (unpaired) electrons. The van der Waals surface area contributed by atoms with Crippen molar-refractivity contribution in [1.82, 2.24) is 5.32 Å². The molecule has 104 valence electrons. The highest BCUT2D eigenvalue weighted by Gasteiger charge is 2.03. The van der Waals surface area contributed by atoms with Gasteiger partial charge in [0.1, 0.15) is 0 Å². The quantitative estimate of drug-likeness (QED) is 0.879. The maximum atomic E-state index is 11.8. The standard InChI is InChI=1S/C16H17BrN2O/c1-12-5-4-7-14(9-12)19-16(20)11-18-10-13-6-2-3-8-15(13)17/h2-9,18H,10-11H2,1H3,(H,19,20). The van der Waals surface area contributed by atoms with Gasteiger partial charge in [-0.15, -0.1) is 0 Å². The summed E-state index contributed by atoms with van der Waals surface area (Å²) in [7, 11) is 0. The monoisotopic (exact) mass is 332 g/mol. The van der Waals surface area contributed by atoms with Gasteiger partial charge in [-0.1, -0.05) is 46.3 Å². The average Bonchev–Trinajstić information content (AvgIpc) is 2.41. The van der Waals surface area contributed by atoms with E-state index in [0.717, 1.165) is 21.3 Å². The number of rotatable bonds is 5. The molecule has 0 atom stereocenters. The highest BCUT2D eigenvalue weighted by molar-refractivity contribution is 9.10. The zero-order valence-corrected chi connectivity index (χ0v) is 12.9. The summed E-state index contributed by atoms with van der Waals surface area (Å²) in [5.74, 6) is -0.0392. The molecule has 0 saturated heterocycles. The van der Waals surface area contributed by atoms with Crippen LogP contribution in [0.1, 0.15) is 11.1 Å². The van der Waals surface area contributed by atoms with Crippen molar-refractivity contribution in [3.63, 3.8) is 0 Å². The fourth-order valence-corrected chi connectivity index (χ4v) is 2.31. The van der Waals surface area contributed by atoms with Gasteiger partial charge in [-0.2, -0.15) is 0 Å². The minimum atomic E-state index is -0.0392. The predicted octanol–water partition coefficient (Wildman–Crippen LogP) is 3.49. The van der Waals surface area contributed by atoms with Crippen LogP contribution >= 0.6 is 15.9 Å². The van der Waals surface area contributed by atoms with E-state index >= 15 is 0 Å². The van der Waals surface area contributed by atoms with E-state index in [-0.39, 0.29) is 12.5 Å². The van der Waals surface area contributed by atoms with Crippen LogP contribution in [0.2, 0.25) is 0 Å². The maximum absolute atomic E-state index is 11.8. The van der Waals surface area contributed by atoms with Gasteiger partial charge in [-0.3, -0.25) is 4.79 Å². The minimum absolute atomic E-state index is 0.0392. The Hall–Kier alpha value is -1.65. The van der Waals surface area contributed by atoms with Crippen LogP contribution in [0.3, 0.4) is 0 Å². The molecule has 0 unspecified atom stereocenters. The first-order chi connectivity index (χ1) is 9.65. The van der Waals surface area contributed by atoms with E-state index < -0.39 is 0 Å². The SMILES string of the molecule is Cc1cccc(NC(=O)CNCc2ccccc2Br)c1. The van der Waals surface area contributed by atoms with E-state index in [9.17, 15) is 4.79 Å². The molecule has 2 aromatic carbocycles. The number of halogens is 1. The molecule has 0 bridgehead atoms. The maximum Gasteiger partial charge on any atom is 0.238 e. The molecule has 0 saturated carbocycles. The number of carbonyl (C=O) groups is 1. The highest BCUT2D eigenvalue weighted by Crippen LogP contribution is 2.15. The van der Waals surface area contributed by atoms with Crippen molar-refractivity contribution in [2.45, 2.75) is 13.5 Å². The Morgan fingerprint density at radius 2 is 1.95 bits per heavy atom. The zero-order chi connectivity index (χ0) is 14.4. The minimum Gasteiger partial charge on any atom is -0.325 e. The average molecular weight is 333 g/mol. The van der Waals surface area contributed by atoms with Crippen LogP contribution in [-0.4, -0.2) is 12.5 Å². The number of benzene rings is 2. The summed E-state index contributed by atoms with van der Waals surface area (Å²) >= 11 is 3.48. The second kappa shape index (κ2) is 7.22. The second-order valence-electron chi connectivity index (χ2n) is 4.61. The van der Waals surface area contributed by atoms with E-state index in [1.807, 2.05) is 55.5 Å². The van der Waals surface area contributed by atoms with Gasteiger partial charge in [-0.25, -0.2) is 0 Å². The van der Waals surface area contributed by atoms with E-state index in [0.29, 0.717) is 6.54 Å². The molecule has 0 spiro atoms. The Kier molecular flexibility index (Phi) is 5.32. The van der Waals surface area contributed by atoms with E-state index in [2.05, 4.69) is 26.6 Å². The third-order valence-electron chi connectivity index (χ3n) is 2.86. The Morgan fingerprint density at radius 3 is 2.70 bits per heavy atom. The van der Waals surface area contributed by atoms with Crippen molar-refractivity contribution < 1.29 is 4.79 Å². The lowest BCUT2D eigenvalue weighted by Gasteiger charge is -2.08. The molecule has 0 fully saturated rings. The molecule has 0 aliphatic rings. The molecule has 0 aliphatic heterocycles. The molecule has 4 heteroatoms. The molecule has 1 amide bonds. The Labute approximate surface area is 127 Å². The number of anilines is 1. The number of carbonyl (C=O) groups excluding carboxylic acids is 1. The van der Waals surface area contributed by atoms with Gasteiger partial charge < -0.3 is 10.6 Å². The van der Waals surface area contributed by atoms with Gasteiger partial charge in [0.2, 0.25) is 5.91 Å². The van der Waals surface area contributed by atoms with Crippen LogP contribution in [0, 0.1) is 6.92 Å². The first-order valence-electron chi connectivity index (χ1n) is 6.46. The van der Waals surface area contributed by atoms with Crippen molar-refractivity contribution in [2.75, 3.05) is 11.9 Å². The number of nitrogens with one attached hydrogen (secondary N) is 2. The zero-order valence-electron chi connectivity index (χ0n) is 11.3. The third-order valence-corrected chi connectivity index (χ3v) is 3.63. The summed E-state index contributed by atoms with van der Waals surface area (Å²) < 4.78 is 1.05. The predicted molar refractivity (Wildman–Crippen MR) is 85.7 cm³/mol. The molecule has 2 N–H and O–H groups in total. The van der Waals surface area contributed by atoms with E-state index in [1.165, 1.54) is 0 Å². The summed E-state index contributed by atoms with van der Waals surface area (Å²) in [6.07, 6.45) is 0. The molecular weight excluding hydrogens is 316 g/mol. The van der Waals surface area contributed by atoms with Gasteiger partial charge >= 0.3 is 0 Å². The van der Waals surface area contributed by atoms with E-state index in [4.69, 9.17) is 0 Å². The van der Waals surface area contributed by atoms with Crippen LogP contribution in [0.4, 0.5) is 5.69 Å². The Bertz CT molecular complexity index is 599. The molecule has 20 heavy (non-hydrogen) atoms. The van der Waals surface area contributed by atoms with Gasteiger partial charge in [0.05, 0.1) is 6.54 Å². The number of aryl methyl sites for hydroxylation is 1. The summed E-state index contributed by atoms with van der Waals surface area (Å²) in [6, 6.07) is 15.7. The number of amides is 1. The van der Waals surface area contributed by atoms with E-state index in [1.54, 1.807) is 0 Å².